The van der Waals surface area contributed by atoms with Gasteiger partial charge in [-0.25, -0.2) is 0 Å². The van der Waals surface area contributed by atoms with Gasteiger partial charge in [-0.2, -0.15) is 13.2 Å². The minimum absolute atomic E-state index is 0.0592. The molecule has 0 amide bonds. The lowest BCUT2D eigenvalue weighted by Crippen LogP contribution is -2.26. The molecule has 1 aromatic rings. The molecule has 1 rings (SSSR count). The van der Waals surface area contributed by atoms with Crippen LogP contribution in [0.15, 0.2) is 12.1 Å². The van der Waals surface area contributed by atoms with Crippen molar-refractivity contribution in [1.82, 2.24) is 10.2 Å². The summed E-state index contributed by atoms with van der Waals surface area (Å²) in [4.78, 5) is 0. The lowest BCUT2D eigenvalue weighted by molar-refractivity contribution is -0.141. The number of nitrogens with zero attached hydrogens (tertiary/aromatic N) is 2. The van der Waals surface area contributed by atoms with E-state index < -0.39 is 11.9 Å². The van der Waals surface area contributed by atoms with Crippen molar-refractivity contribution in [1.29, 1.82) is 0 Å². The van der Waals surface area contributed by atoms with E-state index in [2.05, 4.69) is 15.5 Å². The van der Waals surface area contributed by atoms with E-state index in [-0.39, 0.29) is 11.9 Å². The summed E-state index contributed by atoms with van der Waals surface area (Å²) in [7, 11) is 0. The van der Waals surface area contributed by atoms with Crippen LogP contribution in [-0.4, -0.2) is 22.8 Å². The van der Waals surface area contributed by atoms with E-state index in [0.29, 0.717) is 6.54 Å². The zero-order valence-electron chi connectivity index (χ0n) is 8.04. The van der Waals surface area contributed by atoms with E-state index in [1.54, 1.807) is 6.92 Å². The van der Waals surface area contributed by atoms with Gasteiger partial charge in [0.15, 0.2) is 5.69 Å². The Bertz CT molecular complexity index is 309. The number of anilines is 1. The standard InChI is InChI=1S/C8H11F3N4/c1-5(4-12)13-7-3-2-6(14-15-7)8(9,10)11/h2-3,5H,4,12H2,1H3,(H,13,15). The number of hydrogen-bond acceptors (Lipinski definition) is 4. The van der Waals surface area contributed by atoms with Gasteiger partial charge in [-0.05, 0) is 19.1 Å². The lowest BCUT2D eigenvalue weighted by Gasteiger charge is -2.11. The first-order chi connectivity index (χ1) is 6.93. The number of hydrogen-bond donors (Lipinski definition) is 2. The monoisotopic (exact) mass is 220 g/mol. The van der Waals surface area contributed by atoms with Gasteiger partial charge in [0.25, 0.3) is 0 Å². The van der Waals surface area contributed by atoms with Gasteiger partial charge in [0.05, 0.1) is 0 Å². The van der Waals surface area contributed by atoms with E-state index in [9.17, 15) is 13.2 Å². The fourth-order valence-electron chi connectivity index (χ4n) is 0.872. The SMILES string of the molecule is CC(CN)Nc1ccc(C(F)(F)F)nn1. The Kier molecular flexibility index (Phi) is 3.46. The van der Waals surface area contributed by atoms with Crippen molar-refractivity contribution < 1.29 is 13.2 Å². The van der Waals surface area contributed by atoms with Gasteiger partial charge in [-0.3, -0.25) is 0 Å². The van der Waals surface area contributed by atoms with Crippen LogP contribution in [0.4, 0.5) is 19.0 Å². The highest BCUT2D eigenvalue weighted by molar-refractivity contribution is 5.34. The van der Waals surface area contributed by atoms with Crippen molar-refractivity contribution in [3.63, 3.8) is 0 Å². The summed E-state index contributed by atoms with van der Waals surface area (Å²) in [6, 6.07) is 2.04. The van der Waals surface area contributed by atoms with Crippen LogP contribution in [0.25, 0.3) is 0 Å². The molecular formula is C8H11F3N4. The summed E-state index contributed by atoms with van der Waals surface area (Å²) in [5.74, 6) is 0.279. The van der Waals surface area contributed by atoms with Gasteiger partial charge >= 0.3 is 6.18 Å². The molecule has 0 fully saturated rings. The molecule has 4 nitrogen and oxygen atoms in total. The van der Waals surface area contributed by atoms with Crippen molar-refractivity contribution >= 4 is 5.82 Å². The van der Waals surface area contributed by atoms with Crippen LogP contribution in [0.3, 0.4) is 0 Å². The van der Waals surface area contributed by atoms with Crippen LogP contribution in [0.2, 0.25) is 0 Å². The van der Waals surface area contributed by atoms with Gasteiger partial charge in [-0.1, -0.05) is 0 Å². The van der Waals surface area contributed by atoms with E-state index in [4.69, 9.17) is 5.73 Å². The molecule has 1 heterocycles. The van der Waals surface area contributed by atoms with E-state index in [1.807, 2.05) is 0 Å². The van der Waals surface area contributed by atoms with Gasteiger partial charge in [0.2, 0.25) is 0 Å². The molecule has 1 atom stereocenters. The Morgan fingerprint density at radius 3 is 2.47 bits per heavy atom. The number of alkyl halides is 3. The third kappa shape index (κ3) is 3.35. The molecule has 0 radical (unpaired) electrons. The average Bonchev–Trinajstić information content (AvgIpc) is 2.17. The number of nitrogens with two attached hydrogens (primary N) is 1. The van der Waals surface area contributed by atoms with E-state index in [0.717, 1.165) is 6.07 Å². The van der Waals surface area contributed by atoms with Gasteiger partial charge in [0.1, 0.15) is 5.82 Å². The topological polar surface area (TPSA) is 63.8 Å². The second kappa shape index (κ2) is 4.43. The molecule has 0 bridgehead atoms. The normalized spacial score (nSPS) is 13.7. The molecule has 7 heteroatoms. The van der Waals surface area contributed by atoms with Crippen LogP contribution in [0.1, 0.15) is 12.6 Å². The summed E-state index contributed by atoms with van der Waals surface area (Å²) >= 11 is 0. The summed E-state index contributed by atoms with van der Waals surface area (Å²) in [5.41, 5.74) is 4.32. The first kappa shape index (κ1) is 11.7. The highest BCUT2D eigenvalue weighted by atomic mass is 19.4. The first-order valence-electron chi connectivity index (χ1n) is 4.31. The molecular weight excluding hydrogens is 209 g/mol. The van der Waals surface area contributed by atoms with Gasteiger partial charge in [0, 0.05) is 12.6 Å². The Morgan fingerprint density at radius 1 is 1.40 bits per heavy atom. The first-order valence-corrected chi connectivity index (χ1v) is 4.31. The van der Waals surface area contributed by atoms with Crippen LogP contribution in [0.5, 0.6) is 0 Å². The third-order valence-electron chi connectivity index (χ3n) is 1.70. The van der Waals surface area contributed by atoms with Crippen molar-refractivity contribution in [2.75, 3.05) is 11.9 Å². The fraction of sp³-hybridized carbons (Fsp3) is 0.500. The Hall–Kier alpha value is -1.37. The second-order valence-corrected chi connectivity index (χ2v) is 3.08. The zero-order chi connectivity index (χ0) is 11.5. The Morgan fingerprint density at radius 2 is 2.07 bits per heavy atom. The van der Waals surface area contributed by atoms with Crippen LogP contribution < -0.4 is 11.1 Å². The molecule has 0 aliphatic carbocycles. The number of halogens is 3. The summed E-state index contributed by atoms with van der Waals surface area (Å²) in [5, 5.41) is 9.26. The number of aromatic nitrogens is 2. The Balaban J connectivity index is 2.73. The van der Waals surface area contributed by atoms with E-state index >= 15 is 0 Å². The maximum atomic E-state index is 12.1. The molecule has 1 unspecified atom stereocenters. The molecule has 0 aliphatic rings. The average molecular weight is 220 g/mol. The maximum Gasteiger partial charge on any atom is 0.435 e. The van der Waals surface area contributed by atoms with Crippen molar-refractivity contribution in [2.24, 2.45) is 5.73 Å². The number of nitrogens with one attached hydrogen (secondary N) is 1. The lowest BCUT2D eigenvalue weighted by atomic mass is 10.3. The predicted molar refractivity (Wildman–Crippen MR) is 49.2 cm³/mol. The van der Waals surface area contributed by atoms with E-state index in [1.165, 1.54) is 6.07 Å². The largest absolute Gasteiger partial charge is 0.435 e. The van der Waals surface area contributed by atoms with Crippen molar-refractivity contribution in [3.8, 4) is 0 Å². The third-order valence-corrected chi connectivity index (χ3v) is 1.70. The quantitative estimate of drug-likeness (QED) is 0.804. The fourth-order valence-corrected chi connectivity index (χ4v) is 0.872. The van der Waals surface area contributed by atoms with Gasteiger partial charge in [-0.15, -0.1) is 10.2 Å². The molecule has 0 aromatic carbocycles. The highest BCUT2D eigenvalue weighted by Gasteiger charge is 2.32. The minimum Gasteiger partial charge on any atom is -0.365 e. The summed E-state index contributed by atoms with van der Waals surface area (Å²) in [6.45, 7) is 2.15. The molecule has 0 saturated carbocycles. The molecule has 3 N–H and O–H groups in total. The molecule has 0 spiro atoms. The second-order valence-electron chi connectivity index (χ2n) is 3.08. The predicted octanol–water partition coefficient (Wildman–Crippen LogP) is 1.25. The minimum atomic E-state index is -4.45. The molecule has 84 valence electrons. The zero-order valence-corrected chi connectivity index (χ0v) is 8.04. The van der Waals surface area contributed by atoms with Crippen LogP contribution in [0, 0.1) is 0 Å². The molecule has 0 saturated heterocycles. The molecule has 1 aromatic heterocycles. The highest BCUT2D eigenvalue weighted by Crippen LogP contribution is 2.27. The Labute approximate surface area is 84.7 Å². The smallest absolute Gasteiger partial charge is 0.365 e. The van der Waals surface area contributed by atoms with Crippen molar-refractivity contribution in [2.45, 2.75) is 19.1 Å². The molecule has 0 aliphatic heterocycles. The number of rotatable bonds is 3. The van der Waals surface area contributed by atoms with Crippen LogP contribution in [-0.2, 0) is 6.18 Å². The van der Waals surface area contributed by atoms with Gasteiger partial charge < -0.3 is 11.1 Å². The molecule has 15 heavy (non-hydrogen) atoms. The summed E-state index contributed by atoms with van der Waals surface area (Å²) < 4.78 is 36.3. The van der Waals surface area contributed by atoms with Crippen LogP contribution >= 0.6 is 0 Å². The maximum absolute atomic E-state index is 12.1. The van der Waals surface area contributed by atoms with Crippen molar-refractivity contribution in [3.05, 3.63) is 17.8 Å². The summed E-state index contributed by atoms with van der Waals surface area (Å²) in [6.07, 6.45) is -4.45.